The molecule has 9 nitrogen and oxygen atoms in total. The van der Waals surface area contributed by atoms with Gasteiger partial charge in [-0.1, -0.05) is 19.8 Å². The molecule has 34 heavy (non-hydrogen) atoms. The molecule has 0 aromatic rings. The molecule has 0 aromatic heterocycles. The lowest BCUT2D eigenvalue weighted by molar-refractivity contribution is -0.130. The van der Waals surface area contributed by atoms with E-state index < -0.39 is 0 Å². The van der Waals surface area contributed by atoms with Crippen molar-refractivity contribution < 1.29 is 9.53 Å². The minimum Gasteiger partial charge on any atom is -0.378 e. The first-order valence-corrected chi connectivity index (χ1v) is 13.9. The Morgan fingerprint density at radius 3 is 2.85 bits per heavy atom. The second kappa shape index (κ2) is 11.5. The van der Waals surface area contributed by atoms with Crippen LogP contribution in [-0.2, 0) is 9.53 Å². The monoisotopic (exact) mass is 477 g/mol. The van der Waals surface area contributed by atoms with Crippen LogP contribution in [0.4, 0.5) is 0 Å². The number of hydrazine groups is 1. The van der Waals surface area contributed by atoms with Crippen LogP contribution < -0.4 is 32.1 Å². The number of ether oxygens (including phenoxy) is 1. The van der Waals surface area contributed by atoms with Gasteiger partial charge in [0.1, 0.15) is 0 Å². The summed E-state index contributed by atoms with van der Waals surface area (Å²) in [7, 11) is 2.19. The van der Waals surface area contributed by atoms with E-state index in [0.29, 0.717) is 36.3 Å². The highest BCUT2D eigenvalue weighted by Gasteiger charge is 2.40. The molecular weight excluding hydrogens is 430 g/mol. The molecule has 2 saturated carbocycles. The van der Waals surface area contributed by atoms with Crippen molar-refractivity contribution in [3.05, 3.63) is 0 Å². The summed E-state index contributed by atoms with van der Waals surface area (Å²) in [6.07, 6.45) is 10.8. The highest BCUT2D eigenvalue weighted by Crippen LogP contribution is 2.37. The third-order valence-corrected chi connectivity index (χ3v) is 9.19. The second-order valence-corrected chi connectivity index (χ2v) is 11.6. The average molecular weight is 478 g/mol. The van der Waals surface area contributed by atoms with Gasteiger partial charge in [0, 0.05) is 49.8 Å². The summed E-state index contributed by atoms with van der Waals surface area (Å²) >= 11 is 0. The first-order chi connectivity index (χ1) is 16.6. The van der Waals surface area contributed by atoms with E-state index in [9.17, 15) is 4.79 Å². The Bertz CT molecular complexity index is 676. The number of nitrogens with zero attached hydrogens (tertiary/aromatic N) is 1. The number of amides is 1. The first kappa shape index (κ1) is 24.9. The molecule has 5 fully saturated rings. The molecular formula is C25H47N7O2. The molecule has 0 radical (unpaired) electrons. The quantitative estimate of drug-likeness (QED) is 0.328. The number of hydrogen-bond donors (Lipinski definition) is 6. The van der Waals surface area contributed by atoms with Crippen molar-refractivity contribution in [3.63, 3.8) is 0 Å². The van der Waals surface area contributed by atoms with Gasteiger partial charge in [-0.2, -0.15) is 0 Å². The van der Waals surface area contributed by atoms with E-state index >= 15 is 0 Å². The van der Waals surface area contributed by atoms with Gasteiger partial charge in [-0.15, -0.1) is 0 Å². The number of hydrogen-bond acceptors (Lipinski definition) is 8. The number of nitrogens with one attached hydrogen (secondary N) is 6. The van der Waals surface area contributed by atoms with Crippen LogP contribution in [0, 0.1) is 17.8 Å². The Kier molecular flexibility index (Phi) is 8.41. The minimum absolute atomic E-state index is 0.133. The van der Waals surface area contributed by atoms with E-state index in [1.54, 1.807) is 0 Å². The Labute approximate surface area is 205 Å². The molecule has 194 valence electrons. The molecule has 8 unspecified atom stereocenters. The topological polar surface area (TPSA) is 102 Å². The van der Waals surface area contributed by atoms with Crippen LogP contribution >= 0.6 is 0 Å². The number of carbonyl (C=O) groups excluding carboxylic acids is 1. The van der Waals surface area contributed by atoms with Gasteiger partial charge in [-0.3, -0.25) is 15.0 Å². The lowest BCUT2D eigenvalue weighted by atomic mass is 9.74. The molecule has 9 heteroatoms. The first-order valence-electron chi connectivity index (χ1n) is 13.9. The molecule has 2 aliphatic carbocycles. The normalized spacial score (nSPS) is 43.9. The van der Waals surface area contributed by atoms with E-state index in [0.717, 1.165) is 77.2 Å². The fourth-order valence-electron chi connectivity index (χ4n) is 7.02. The van der Waals surface area contributed by atoms with Crippen molar-refractivity contribution in [2.75, 3.05) is 33.4 Å². The number of carbonyl (C=O) groups is 1. The standard InChI is InChI=1S/C25H47N7O2/c1-16-6-7-19-20(9-11-34-22(19)12-16)29-25(33)17-4-3-5-18(13-17)27-14-23-30-31-24(32(23)2)21-8-10-26-15-28-21/h16-24,26-28,30-31H,3-15H2,1-2H3,(H,29,33)/t16?,17?,18?,19?,20-,21?,22?,23?,24?/m0/s1. The largest absolute Gasteiger partial charge is 0.378 e. The molecule has 5 rings (SSSR count). The Balaban J connectivity index is 1.07. The fraction of sp³-hybridized carbons (Fsp3) is 0.960. The summed E-state index contributed by atoms with van der Waals surface area (Å²) in [5.74, 6) is 1.67. The van der Waals surface area contributed by atoms with Crippen LogP contribution in [0.25, 0.3) is 0 Å². The molecule has 3 saturated heterocycles. The lowest BCUT2D eigenvalue weighted by Gasteiger charge is -2.43. The van der Waals surface area contributed by atoms with Gasteiger partial charge in [-0.05, 0) is 64.5 Å². The smallest absolute Gasteiger partial charge is 0.223 e. The van der Waals surface area contributed by atoms with E-state index in [1.807, 2.05) is 0 Å². The minimum atomic E-state index is 0.133. The molecule has 0 spiro atoms. The van der Waals surface area contributed by atoms with Crippen molar-refractivity contribution in [1.29, 1.82) is 0 Å². The lowest BCUT2D eigenvalue weighted by Crippen LogP contribution is -2.58. The van der Waals surface area contributed by atoms with E-state index in [1.165, 1.54) is 12.8 Å². The number of fused-ring (bicyclic) bond motifs is 1. The highest BCUT2D eigenvalue weighted by molar-refractivity contribution is 5.79. The van der Waals surface area contributed by atoms with Crippen LogP contribution in [0.3, 0.4) is 0 Å². The SMILES string of the molecule is CC1CCC2C(C1)OCC[C@@H]2NC(=O)C1CCCC(NCC2NNC(C3CCNCN3)N2C)C1. The van der Waals surface area contributed by atoms with Gasteiger partial charge in [-0.25, -0.2) is 10.9 Å². The maximum absolute atomic E-state index is 13.3. The van der Waals surface area contributed by atoms with Gasteiger partial charge in [0.05, 0.1) is 18.4 Å². The molecule has 1 amide bonds. The molecule has 9 atom stereocenters. The second-order valence-electron chi connectivity index (χ2n) is 11.6. The maximum Gasteiger partial charge on any atom is 0.223 e. The molecule has 5 aliphatic rings. The average Bonchev–Trinajstić information content (AvgIpc) is 3.23. The Morgan fingerprint density at radius 2 is 2.00 bits per heavy atom. The summed E-state index contributed by atoms with van der Waals surface area (Å²) in [6, 6.07) is 1.16. The van der Waals surface area contributed by atoms with Crippen molar-refractivity contribution in [2.24, 2.45) is 17.8 Å². The van der Waals surface area contributed by atoms with Gasteiger partial charge in [0.2, 0.25) is 5.91 Å². The molecule has 0 aromatic carbocycles. The van der Waals surface area contributed by atoms with E-state index in [2.05, 4.69) is 51.0 Å². The number of likely N-dealkylation sites (N-methyl/N-ethyl adjacent to an activating group) is 1. The third-order valence-electron chi connectivity index (χ3n) is 9.19. The highest BCUT2D eigenvalue weighted by atomic mass is 16.5. The van der Waals surface area contributed by atoms with Crippen molar-refractivity contribution in [2.45, 2.75) is 101 Å². The molecule has 0 bridgehead atoms. The van der Waals surface area contributed by atoms with E-state index in [4.69, 9.17) is 4.74 Å². The summed E-state index contributed by atoms with van der Waals surface area (Å²) < 4.78 is 6.08. The van der Waals surface area contributed by atoms with Crippen LogP contribution in [-0.4, -0.2) is 80.8 Å². The zero-order valence-electron chi connectivity index (χ0n) is 21.2. The van der Waals surface area contributed by atoms with Crippen molar-refractivity contribution in [3.8, 4) is 0 Å². The van der Waals surface area contributed by atoms with Gasteiger partial charge in [0.15, 0.2) is 0 Å². The van der Waals surface area contributed by atoms with Crippen LogP contribution in [0.5, 0.6) is 0 Å². The predicted octanol–water partition coefficient (Wildman–Crippen LogP) is 0.446. The molecule has 3 heterocycles. The van der Waals surface area contributed by atoms with Crippen molar-refractivity contribution in [1.82, 2.24) is 37.0 Å². The van der Waals surface area contributed by atoms with Gasteiger partial charge in [0.25, 0.3) is 0 Å². The summed E-state index contributed by atoms with van der Waals surface area (Å²) in [5, 5.41) is 14.2. The third kappa shape index (κ3) is 5.77. The zero-order valence-corrected chi connectivity index (χ0v) is 21.2. The zero-order chi connectivity index (χ0) is 23.5. The van der Waals surface area contributed by atoms with Crippen LogP contribution in [0.15, 0.2) is 0 Å². The molecule has 3 aliphatic heterocycles. The van der Waals surface area contributed by atoms with Crippen LogP contribution in [0.1, 0.15) is 64.7 Å². The van der Waals surface area contributed by atoms with Gasteiger partial charge < -0.3 is 20.7 Å². The van der Waals surface area contributed by atoms with Crippen molar-refractivity contribution >= 4 is 5.91 Å². The number of rotatable bonds is 6. The fourth-order valence-corrected chi connectivity index (χ4v) is 7.02. The summed E-state index contributed by atoms with van der Waals surface area (Å²) in [6.45, 7) is 5.94. The summed E-state index contributed by atoms with van der Waals surface area (Å²) in [4.78, 5) is 15.7. The van der Waals surface area contributed by atoms with Crippen LogP contribution in [0.2, 0.25) is 0 Å². The predicted molar refractivity (Wildman–Crippen MR) is 133 cm³/mol. The maximum atomic E-state index is 13.3. The summed E-state index contributed by atoms with van der Waals surface area (Å²) in [5.41, 5.74) is 6.96. The molecule has 6 N–H and O–H groups in total. The van der Waals surface area contributed by atoms with E-state index in [-0.39, 0.29) is 18.0 Å². The Hall–Kier alpha value is -0.810. The Morgan fingerprint density at radius 1 is 1.09 bits per heavy atom. The van der Waals surface area contributed by atoms with Gasteiger partial charge >= 0.3 is 0 Å².